The SMILES string of the molecule is Cc1ccc(CNC(=O)c2ccccc2NC(=O)COC(=O)c2ccc3nncn3c2)cc1. The first-order valence-electron chi connectivity index (χ1n) is 10.2. The van der Waals surface area contributed by atoms with Crippen LogP contribution in [0.5, 0.6) is 0 Å². The molecular formula is C24H21N5O4. The van der Waals surface area contributed by atoms with Crippen molar-refractivity contribution in [2.45, 2.75) is 13.5 Å². The summed E-state index contributed by atoms with van der Waals surface area (Å²) in [4.78, 5) is 37.3. The summed E-state index contributed by atoms with van der Waals surface area (Å²) in [7, 11) is 0. The summed E-state index contributed by atoms with van der Waals surface area (Å²) >= 11 is 0. The van der Waals surface area contributed by atoms with Gasteiger partial charge in [-0.3, -0.25) is 14.0 Å². The summed E-state index contributed by atoms with van der Waals surface area (Å²) < 4.78 is 6.67. The summed E-state index contributed by atoms with van der Waals surface area (Å²) in [5, 5.41) is 13.1. The summed E-state index contributed by atoms with van der Waals surface area (Å²) in [5.41, 5.74) is 3.57. The normalized spacial score (nSPS) is 10.6. The van der Waals surface area contributed by atoms with Crippen molar-refractivity contribution in [2.75, 3.05) is 11.9 Å². The fourth-order valence-electron chi connectivity index (χ4n) is 3.12. The first-order chi connectivity index (χ1) is 16.0. The number of aromatic nitrogens is 3. The molecule has 9 heteroatoms. The minimum absolute atomic E-state index is 0.256. The quantitative estimate of drug-likeness (QED) is 0.425. The van der Waals surface area contributed by atoms with Crippen LogP contribution < -0.4 is 10.6 Å². The number of hydrogen-bond acceptors (Lipinski definition) is 6. The molecule has 4 aromatic rings. The molecule has 0 aliphatic rings. The maximum Gasteiger partial charge on any atom is 0.340 e. The van der Waals surface area contributed by atoms with Crippen molar-refractivity contribution in [3.8, 4) is 0 Å². The third kappa shape index (κ3) is 5.40. The van der Waals surface area contributed by atoms with Crippen molar-refractivity contribution in [1.29, 1.82) is 0 Å². The Hall–Kier alpha value is -4.53. The second kappa shape index (κ2) is 9.73. The second-order valence-electron chi connectivity index (χ2n) is 7.35. The molecule has 2 N–H and O–H groups in total. The molecule has 0 saturated heterocycles. The number of carbonyl (C=O) groups excluding carboxylic acids is 3. The number of anilines is 1. The Bertz CT molecular complexity index is 1310. The third-order valence-electron chi connectivity index (χ3n) is 4.88. The zero-order chi connectivity index (χ0) is 23.2. The van der Waals surface area contributed by atoms with E-state index in [0.717, 1.165) is 11.1 Å². The highest BCUT2D eigenvalue weighted by Gasteiger charge is 2.15. The van der Waals surface area contributed by atoms with Gasteiger partial charge in [0.2, 0.25) is 0 Å². The second-order valence-corrected chi connectivity index (χ2v) is 7.35. The average Bonchev–Trinajstić information content (AvgIpc) is 3.30. The van der Waals surface area contributed by atoms with E-state index in [1.807, 2.05) is 31.2 Å². The van der Waals surface area contributed by atoms with Gasteiger partial charge in [0, 0.05) is 12.7 Å². The lowest BCUT2D eigenvalue weighted by atomic mass is 10.1. The van der Waals surface area contributed by atoms with Crippen molar-refractivity contribution in [3.05, 3.63) is 95.4 Å². The Kier molecular flexibility index (Phi) is 6.40. The summed E-state index contributed by atoms with van der Waals surface area (Å²) in [6.07, 6.45) is 2.98. The van der Waals surface area contributed by atoms with E-state index in [0.29, 0.717) is 23.4 Å². The molecule has 2 heterocycles. The number of benzene rings is 2. The molecule has 0 spiro atoms. The predicted molar refractivity (Wildman–Crippen MR) is 121 cm³/mol. The Morgan fingerprint density at radius 1 is 1.00 bits per heavy atom. The van der Waals surface area contributed by atoms with Crippen LogP contribution in [-0.2, 0) is 16.1 Å². The molecule has 0 atom stereocenters. The van der Waals surface area contributed by atoms with E-state index < -0.39 is 18.5 Å². The number of fused-ring (bicyclic) bond motifs is 1. The predicted octanol–water partition coefficient (Wildman–Crippen LogP) is 2.76. The zero-order valence-electron chi connectivity index (χ0n) is 17.8. The Balaban J connectivity index is 1.34. The maximum atomic E-state index is 12.7. The maximum absolute atomic E-state index is 12.7. The fraction of sp³-hybridized carbons (Fsp3) is 0.125. The van der Waals surface area contributed by atoms with Crippen LogP contribution in [0.25, 0.3) is 5.65 Å². The molecule has 0 saturated carbocycles. The van der Waals surface area contributed by atoms with Gasteiger partial charge < -0.3 is 15.4 Å². The van der Waals surface area contributed by atoms with Gasteiger partial charge in [-0.05, 0) is 36.8 Å². The van der Waals surface area contributed by atoms with Crippen molar-refractivity contribution in [3.63, 3.8) is 0 Å². The lowest BCUT2D eigenvalue weighted by Crippen LogP contribution is -2.26. The monoisotopic (exact) mass is 443 g/mol. The van der Waals surface area contributed by atoms with Crippen LogP contribution in [0.2, 0.25) is 0 Å². The van der Waals surface area contributed by atoms with E-state index in [1.54, 1.807) is 34.7 Å². The van der Waals surface area contributed by atoms with Gasteiger partial charge in [0.05, 0.1) is 16.8 Å². The Morgan fingerprint density at radius 3 is 2.61 bits per heavy atom. The molecule has 166 valence electrons. The van der Waals surface area contributed by atoms with Crippen LogP contribution in [0.4, 0.5) is 5.69 Å². The van der Waals surface area contributed by atoms with Crippen LogP contribution in [0.3, 0.4) is 0 Å². The first-order valence-corrected chi connectivity index (χ1v) is 10.2. The lowest BCUT2D eigenvalue weighted by Gasteiger charge is -2.12. The molecule has 33 heavy (non-hydrogen) atoms. The van der Waals surface area contributed by atoms with E-state index >= 15 is 0 Å². The van der Waals surface area contributed by atoms with Gasteiger partial charge in [-0.1, -0.05) is 42.0 Å². The van der Waals surface area contributed by atoms with E-state index in [4.69, 9.17) is 4.74 Å². The topological polar surface area (TPSA) is 115 Å². The first kappa shape index (κ1) is 21.7. The number of esters is 1. The molecule has 9 nitrogen and oxygen atoms in total. The van der Waals surface area contributed by atoms with Gasteiger partial charge in [0.15, 0.2) is 12.3 Å². The van der Waals surface area contributed by atoms with Crippen LogP contribution >= 0.6 is 0 Å². The number of aryl methyl sites for hydroxylation is 1. The summed E-state index contributed by atoms with van der Waals surface area (Å²) in [6.45, 7) is 1.85. The standard InChI is InChI=1S/C24H21N5O4/c1-16-6-8-17(9-7-16)12-25-23(31)19-4-2-3-5-20(19)27-22(30)14-33-24(32)18-10-11-21-28-26-15-29(21)13-18/h2-11,13,15H,12,14H2,1H3,(H,25,31)(H,27,30). The van der Waals surface area contributed by atoms with E-state index in [2.05, 4.69) is 20.8 Å². The molecule has 0 aliphatic carbocycles. The Morgan fingerprint density at radius 2 is 1.79 bits per heavy atom. The number of ether oxygens (including phenoxy) is 1. The highest BCUT2D eigenvalue weighted by Crippen LogP contribution is 2.15. The number of rotatable bonds is 7. The minimum Gasteiger partial charge on any atom is -0.452 e. The van der Waals surface area contributed by atoms with Crippen molar-refractivity contribution in [1.82, 2.24) is 19.9 Å². The van der Waals surface area contributed by atoms with Gasteiger partial charge in [-0.15, -0.1) is 10.2 Å². The minimum atomic E-state index is -0.662. The highest BCUT2D eigenvalue weighted by molar-refractivity contribution is 6.04. The van der Waals surface area contributed by atoms with Gasteiger partial charge in [-0.2, -0.15) is 0 Å². The number of carbonyl (C=O) groups is 3. The molecule has 0 bridgehead atoms. The molecular weight excluding hydrogens is 422 g/mol. The molecule has 0 fully saturated rings. The van der Waals surface area contributed by atoms with Crippen molar-refractivity contribution in [2.24, 2.45) is 0 Å². The van der Waals surface area contributed by atoms with Crippen LogP contribution in [0.15, 0.2) is 73.2 Å². The van der Waals surface area contributed by atoms with Crippen molar-refractivity contribution >= 4 is 29.1 Å². The largest absolute Gasteiger partial charge is 0.452 e. The van der Waals surface area contributed by atoms with Gasteiger partial charge in [-0.25, -0.2) is 4.79 Å². The van der Waals surface area contributed by atoms with E-state index in [9.17, 15) is 14.4 Å². The smallest absolute Gasteiger partial charge is 0.340 e. The summed E-state index contributed by atoms with van der Waals surface area (Å²) in [6, 6.07) is 17.6. The van der Waals surface area contributed by atoms with Gasteiger partial charge >= 0.3 is 5.97 Å². The number of para-hydroxylation sites is 1. The zero-order valence-corrected chi connectivity index (χ0v) is 17.8. The molecule has 2 aromatic heterocycles. The van der Waals surface area contributed by atoms with Crippen LogP contribution in [-0.4, -0.2) is 39.0 Å². The van der Waals surface area contributed by atoms with Crippen molar-refractivity contribution < 1.29 is 19.1 Å². The molecule has 0 aliphatic heterocycles. The fourth-order valence-corrected chi connectivity index (χ4v) is 3.12. The average molecular weight is 443 g/mol. The third-order valence-corrected chi connectivity index (χ3v) is 4.88. The number of nitrogens with one attached hydrogen (secondary N) is 2. The molecule has 4 rings (SSSR count). The van der Waals surface area contributed by atoms with E-state index in [-0.39, 0.29) is 11.5 Å². The number of pyridine rings is 1. The summed E-state index contributed by atoms with van der Waals surface area (Å²) in [5.74, 6) is -1.55. The van der Waals surface area contributed by atoms with Crippen LogP contribution in [0, 0.1) is 6.92 Å². The number of amides is 2. The molecule has 0 unspecified atom stereocenters. The van der Waals surface area contributed by atoms with Gasteiger partial charge in [0.1, 0.15) is 6.33 Å². The lowest BCUT2D eigenvalue weighted by molar-refractivity contribution is -0.119. The molecule has 0 radical (unpaired) electrons. The molecule has 2 aromatic carbocycles. The molecule has 2 amide bonds. The Labute approximate surface area is 189 Å². The van der Waals surface area contributed by atoms with Gasteiger partial charge in [0.25, 0.3) is 11.8 Å². The van der Waals surface area contributed by atoms with E-state index in [1.165, 1.54) is 18.6 Å². The number of hydrogen-bond donors (Lipinski definition) is 2. The number of nitrogens with zero attached hydrogens (tertiary/aromatic N) is 3. The highest BCUT2D eigenvalue weighted by atomic mass is 16.5. The van der Waals surface area contributed by atoms with Crippen LogP contribution in [0.1, 0.15) is 31.8 Å².